The highest BCUT2D eigenvalue weighted by molar-refractivity contribution is 8.01. The number of rotatable bonds is 6. The topological polar surface area (TPSA) is 43.6 Å². The van der Waals surface area contributed by atoms with Crippen molar-refractivity contribution in [2.24, 2.45) is 0 Å². The predicted octanol–water partition coefficient (Wildman–Crippen LogP) is 7.20. The minimum atomic E-state index is -0.337. The van der Waals surface area contributed by atoms with Crippen molar-refractivity contribution in [2.75, 3.05) is 0 Å². The summed E-state index contributed by atoms with van der Waals surface area (Å²) in [6.07, 6.45) is 2.76. The predicted molar refractivity (Wildman–Crippen MR) is 132 cm³/mol. The first kappa shape index (κ1) is 23.0. The first-order chi connectivity index (χ1) is 15.2. The number of halogens is 2. The lowest BCUT2D eigenvalue weighted by molar-refractivity contribution is 0.630. The second-order valence-corrected chi connectivity index (χ2v) is 11.2. The van der Waals surface area contributed by atoms with Gasteiger partial charge in [0.1, 0.15) is 11.5 Å². The molecule has 166 valence electrons. The van der Waals surface area contributed by atoms with Crippen LogP contribution in [0.25, 0.3) is 16.4 Å². The lowest BCUT2D eigenvalue weighted by atomic mass is 10.0. The molecule has 0 unspecified atom stereocenters. The van der Waals surface area contributed by atoms with E-state index < -0.39 is 0 Å². The maximum absolute atomic E-state index is 14.6. The zero-order valence-corrected chi connectivity index (χ0v) is 21.0. The molecule has 0 saturated heterocycles. The number of hydrogen-bond donors (Lipinski definition) is 0. The summed E-state index contributed by atoms with van der Waals surface area (Å²) < 4.78 is 17.4. The SMILES string of the molecule is Cc1ccc(Cc2cn(-c3nc(-c4cc(Cl)ccc4F)c(SC(C)C)s3)nc2C)c(C)n1. The Balaban J connectivity index is 1.73. The number of thiazole rings is 1. The standard InChI is InChI=1S/C24H24ClFN4S2/c1-13(2)31-23-22(20-11-19(25)8-9-21(20)26)28-24(32-23)30-12-18(16(5)29-30)10-17-7-6-14(3)27-15(17)4/h6-9,11-13H,10H2,1-5H3. The summed E-state index contributed by atoms with van der Waals surface area (Å²) in [5.41, 5.74) is 6.29. The van der Waals surface area contributed by atoms with Crippen LogP contribution in [0, 0.1) is 26.6 Å². The Morgan fingerprint density at radius 2 is 1.84 bits per heavy atom. The Hall–Kier alpha value is -2.22. The summed E-state index contributed by atoms with van der Waals surface area (Å²) >= 11 is 9.33. The van der Waals surface area contributed by atoms with Crippen molar-refractivity contribution in [2.45, 2.75) is 50.5 Å². The van der Waals surface area contributed by atoms with Gasteiger partial charge >= 0.3 is 0 Å². The Bertz CT molecular complexity index is 1280. The molecule has 4 nitrogen and oxygen atoms in total. The van der Waals surface area contributed by atoms with E-state index >= 15 is 0 Å². The molecule has 32 heavy (non-hydrogen) atoms. The molecular formula is C24H24ClFN4S2. The average molecular weight is 487 g/mol. The third-order valence-electron chi connectivity index (χ3n) is 5.02. The van der Waals surface area contributed by atoms with Crippen LogP contribution in [0.3, 0.4) is 0 Å². The molecule has 1 aromatic carbocycles. The van der Waals surface area contributed by atoms with Crippen molar-refractivity contribution in [3.8, 4) is 16.4 Å². The number of nitrogens with zero attached hydrogens (tertiary/aromatic N) is 4. The van der Waals surface area contributed by atoms with Gasteiger partial charge in [-0.25, -0.2) is 14.1 Å². The lowest BCUT2D eigenvalue weighted by Gasteiger charge is -2.06. The maximum Gasteiger partial charge on any atom is 0.211 e. The minimum Gasteiger partial charge on any atom is -0.258 e. The third-order valence-corrected chi connectivity index (χ3v) is 7.52. The Labute approximate surface area is 200 Å². The molecule has 0 saturated carbocycles. The molecule has 4 rings (SSSR count). The zero-order chi connectivity index (χ0) is 23.0. The first-order valence-corrected chi connectivity index (χ1v) is 12.4. The largest absolute Gasteiger partial charge is 0.258 e. The van der Waals surface area contributed by atoms with Gasteiger partial charge in [0.05, 0.1) is 9.90 Å². The van der Waals surface area contributed by atoms with Crippen molar-refractivity contribution in [1.82, 2.24) is 19.7 Å². The Morgan fingerprint density at radius 1 is 1.06 bits per heavy atom. The highest BCUT2D eigenvalue weighted by Gasteiger charge is 2.20. The van der Waals surface area contributed by atoms with Crippen LogP contribution in [0.2, 0.25) is 5.02 Å². The van der Waals surface area contributed by atoms with Crippen LogP contribution in [-0.2, 0) is 6.42 Å². The summed E-state index contributed by atoms with van der Waals surface area (Å²) in [5.74, 6) is -0.337. The van der Waals surface area contributed by atoms with Crippen LogP contribution < -0.4 is 0 Å². The van der Waals surface area contributed by atoms with Gasteiger partial charge in [-0.15, -0.1) is 11.8 Å². The number of aromatic nitrogens is 4. The highest BCUT2D eigenvalue weighted by atomic mass is 35.5. The molecule has 8 heteroatoms. The van der Waals surface area contributed by atoms with E-state index in [0.29, 0.717) is 26.7 Å². The molecule has 0 N–H and O–H groups in total. The summed E-state index contributed by atoms with van der Waals surface area (Å²) in [5, 5.41) is 6.22. The van der Waals surface area contributed by atoms with Crippen LogP contribution in [0.1, 0.15) is 42.1 Å². The molecular weight excluding hydrogens is 463 g/mol. The van der Waals surface area contributed by atoms with Crippen LogP contribution in [0.4, 0.5) is 4.39 Å². The monoisotopic (exact) mass is 486 g/mol. The molecule has 3 heterocycles. The molecule has 0 aliphatic heterocycles. The van der Waals surface area contributed by atoms with Crippen LogP contribution >= 0.6 is 34.7 Å². The van der Waals surface area contributed by atoms with Gasteiger partial charge in [-0.3, -0.25) is 4.98 Å². The van der Waals surface area contributed by atoms with Gasteiger partial charge < -0.3 is 0 Å². The summed E-state index contributed by atoms with van der Waals surface area (Å²) in [4.78, 5) is 9.35. The van der Waals surface area contributed by atoms with E-state index in [2.05, 4.69) is 24.9 Å². The van der Waals surface area contributed by atoms with Crippen molar-refractivity contribution in [1.29, 1.82) is 0 Å². The molecule has 3 aromatic heterocycles. The maximum atomic E-state index is 14.6. The molecule has 0 aliphatic rings. The summed E-state index contributed by atoms with van der Waals surface area (Å²) in [6.45, 7) is 10.2. The van der Waals surface area contributed by atoms with Gasteiger partial charge in [-0.1, -0.05) is 42.9 Å². The van der Waals surface area contributed by atoms with Gasteiger partial charge in [0.15, 0.2) is 0 Å². The molecule has 4 aromatic rings. The van der Waals surface area contributed by atoms with E-state index in [1.165, 1.54) is 23.0 Å². The van der Waals surface area contributed by atoms with Gasteiger partial charge in [0.25, 0.3) is 0 Å². The van der Waals surface area contributed by atoms with E-state index in [9.17, 15) is 4.39 Å². The second kappa shape index (κ2) is 9.33. The van der Waals surface area contributed by atoms with Crippen molar-refractivity contribution < 1.29 is 4.39 Å². The van der Waals surface area contributed by atoms with E-state index in [-0.39, 0.29) is 5.82 Å². The van der Waals surface area contributed by atoms with Gasteiger partial charge in [0, 0.05) is 39.8 Å². The van der Waals surface area contributed by atoms with E-state index in [1.807, 2.05) is 33.0 Å². The number of hydrogen-bond acceptors (Lipinski definition) is 5. The smallest absolute Gasteiger partial charge is 0.211 e. The minimum absolute atomic E-state index is 0.330. The number of thioether (sulfide) groups is 1. The van der Waals surface area contributed by atoms with Crippen LogP contribution in [0.5, 0.6) is 0 Å². The van der Waals surface area contributed by atoms with E-state index in [0.717, 1.165) is 33.3 Å². The van der Waals surface area contributed by atoms with Crippen LogP contribution in [-0.4, -0.2) is 25.0 Å². The second-order valence-electron chi connectivity index (χ2n) is 7.98. The highest BCUT2D eigenvalue weighted by Crippen LogP contribution is 2.41. The molecule has 0 fully saturated rings. The van der Waals surface area contributed by atoms with Crippen molar-refractivity contribution in [3.05, 3.63) is 75.6 Å². The number of aryl methyl sites for hydroxylation is 3. The lowest BCUT2D eigenvalue weighted by Crippen LogP contribution is -1.96. The van der Waals surface area contributed by atoms with Gasteiger partial charge in [-0.2, -0.15) is 5.10 Å². The third kappa shape index (κ3) is 4.90. The van der Waals surface area contributed by atoms with E-state index in [4.69, 9.17) is 21.7 Å². The van der Waals surface area contributed by atoms with Gasteiger partial charge in [-0.05, 0) is 56.2 Å². The fraction of sp³-hybridized carbons (Fsp3) is 0.292. The quantitative estimate of drug-likeness (QED) is 0.270. The molecule has 0 amide bonds. The fourth-order valence-electron chi connectivity index (χ4n) is 3.41. The molecule has 0 bridgehead atoms. The molecule has 0 atom stereocenters. The zero-order valence-electron chi connectivity index (χ0n) is 18.6. The summed E-state index contributed by atoms with van der Waals surface area (Å²) in [6, 6.07) is 8.72. The normalized spacial score (nSPS) is 11.5. The Kier molecular flexibility index (Phi) is 6.70. The molecule has 0 aliphatic carbocycles. The van der Waals surface area contributed by atoms with E-state index in [1.54, 1.807) is 28.6 Å². The number of benzene rings is 1. The Morgan fingerprint density at radius 3 is 2.56 bits per heavy atom. The first-order valence-electron chi connectivity index (χ1n) is 10.3. The average Bonchev–Trinajstić information content (AvgIpc) is 3.29. The fourth-order valence-corrected chi connectivity index (χ4v) is 6.01. The van der Waals surface area contributed by atoms with Crippen molar-refractivity contribution in [3.63, 3.8) is 0 Å². The summed E-state index contributed by atoms with van der Waals surface area (Å²) in [7, 11) is 0. The molecule has 0 radical (unpaired) electrons. The number of pyridine rings is 1. The molecule has 0 spiro atoms. The van der Waals surface area contributed by atoms with Crippen LogP contribution in [0.15, 0.2) is 40.7 Å². The van der Waals surface area contributed by atoms with Gasteiger partial charge in [0.2, 0.25) is 5.13 Å². The van der Waals surface area contributed by atoms with Crippen molar-refractivity contribution >= 4 is 34.7 Å².